The quantitative estimate of drug-likeness (QED) is 0.271. The van der Waals surface area contributed by atoms with Crippen molar-refractivity contribution in [3.8, 4) is 0 Å². The Morgan fingerprint density at radius 2 is 1.89 bits per heavy atom. The van der Waals surface area contributed by atoms with E-state index in [-0.39, 0.29) is 13.1 Å². The summed E-state index contributed by atoms with van der Waals surface area (Å²) in [6, 6.07) is -1.22. The van der Waals surface area contributed by atoms with Gasteiger partial charge in [0.05, 0.1) is 18.2 Å². The van der Waals surface area contributed by atoms with Gasteiger partial charge in [0, 0.05) is 17.5 Å². The molecule has 0 aromatic carbocycles. The Hall–Kier alpha value is -0.460. The average molecular weight is 394 g/mol. The maximum absolute atomic E-state index is 11.7. The molecule has 1 unspecified atom stereocenters. The molecule has 0 aliphatic carbocycles. The largest absolute Gasteiger partial charge is 0.481 e. The first-order chi connectivity index (χ1) is 8.17. The van der Waals surface area contributed by atoms with Crippen LogP contribution in [0.15, 0.2) is 0 Å². The van der Waals surface area contributed by atoms with Gasteiger partial charge in [-0.05, 0) is 0 Å². The number of rotatable bonds is 8. The number of nitrogens with zero attached hydrogens (tertiary/aromatic N) is 1. The highest BCUT2D eigenvalue weighted by atomic mass is 127. The summed E-state index contributed by atoms with van der Waals surface area (Å²) in [6.45, 7) is 0.0240. The van der Waals surface area contributed by atoms with Crippen LogP contribution in [-0.4, -0.2) is 64.2 Å². The number of carboxylic acids is 1. The summed E-state index contributed by atoms with van der Waals surface area (Å²) < 4.78 is 30.3. The van der Waals surface area contributed by atoms with Crippen molar-refractivity contribution in [2.24, 2.45) is 5.73 Å². The number of amides is 1. The fraction of sp³-hybridized carbons (Fsp3) is 0.750. The molecular weight excluding hydrogens is 379 g/mol. The van der Waals surface area contributed by atoms with Crippen molar-refractivity contribution in [1.29, 1.82) is 0 Å². The predicted octanol–water partition coefficient (Wildman–Crippen LogP) is -1.06. The molecule has 0 heterocycles. The minimum absolute atomic E-state index is 0.214. The van der Waals surface area contributed by atoms with Crippen molar-refractivity contribution in [3.63, 3.8) is 0 Å². The number of halogens is 1. The smallest absolute Gasteiger partial charge is 0.305 e. The van der Waals surface area contributed by atoms with E-state index in [1.54, 1.807) is 0 Å². The molecule has 0 radical (unpaired) electrons. The first-order valence-electron chi connectivity index (χ1n) is 4.94. The summed E-state index contributed by atoms with van der Waals surface area (Å²) in [5, 5.41) is 8.52. The van der Waals surface area contributed by atoms with Crippen molar-refractivity contribution < 1.29 is 27.7 Å². The zero-order valence-corrected chi connectivity index (χ0v) is 12.4. The Balaban J connectivity index is 4.57. The molecule has 0 bridgehead atoms. The summed E-state index contributed by atoms with van der Waals surface area (Å²) in [5.41, 5.74) is 5.40. The zero-order chi connectivity index (χ0) is 14.3. The molecule has 18 heavy (non-hydrogen) atoms. The van der Waals surface area contributed by atoms with E-state index in [0.717, 1.165) is 4.90 Å². The molecule has 0 saturated heterocycles. The van der Waals surface area contributed by atoms with Crippen LogP contribution >= 0.6 is 22.6 Å². The molecule has 0 aliphatic heterocycles. The van der Waals surface area contributed by atoms with Crippen molar-refractivity contribution in [3.05, 3.63) is 0 Å². The molecule has 0 rings (SSSR count). The standard InChI is InChI=1S/C8H15IN2O6S/c9-1-2-11(3-4-18(15,16)17)8(14)6(10)5-7(12)13/h6H,1-5,10H2,(H,12,13)(H,15,16,17). The van der Waals surface area contributed by atoms with Crippen LogP contribution in [0.1, 0.15) is 6.42 Å². The molecule has 1 atom stereocenters. The van der Waals surface area contributed by atoms with Gasteiger partial charge >= 0.3 is 5.97 Å². The van der Waals surface area contributed by atoms with E-state index in [4.69, 9.17) is 15.4 Å². The van der Waals surface area contributed by atoms with Gasteiger partial charge in [-0.15, -0.1) is 0 Å². The maximum Gasteiger partial charge on any atom is 0.305 e. The normalized spacial score (nSPS) is 13.1. The Morgan fingerprint density at radius 1 is 1.33 bits per heavy atom. The van der Waals surface area contributed by atoms with Crippen LogP contribution in [0, 0.1) is 0 Å². The molecule has 4 N–H and O–H groups in total. The van der Waals surface area contributed by atoms with E-state index >= 15 is 0 Å². The number of carbonyl (C=O) groups is 2. The Labute approximate surface area is 118 Å². The van der Waals surface area contributed by atoms with Crippen molar-refractivity contribution in [1.82, 2.24) is 4.90 Å². The molecule has 0 spiro atoms. The number of aliphatic carboxylic acids is 1. The second kappa shape index (κ2) is 7.86. The average Bonchev–Trinajstić information content (AvgIpc) is 2.20. The molecule has 10 heteroatoms. The summed E-state index contributed by atoms with van der Waals surface area (Å²) in [4.78, 5) is 23.3. The van der Waals surface area contributed by atoms with Crippen LogP contribution in [0.4, 0.5) is 0 Å². The van der Waals surface area contributed by atoms with E-state index in [1.807, 2.05) is 22.6 Å². The summed E-state index contributed by atoms with van der Waals surface area (Å²) in [7, 11) is -4.17. The van der Waals surface area contributed by atoms with Crippen molar-refractivity contribution in [2.45, 2.75) is 12.5 Å². The summed E-state index contributed by atoms with van der Waals surface area (Å²) in [5.74, 6) is -2.45. The van der Waals surface area contributed by atoms with Gasteiger partial charge < -0.3 is 15.7 Å². The Bertz CT molecular complexity index is 398. The molecule has 106 valence electrons. The first kappa shape index (κ1) is 17.5. The van der Waals surface area contributed by atoms with Gasteiger partial charge in [0.15, 0.2) is 0 Å². The highest BCUT2D eigenvalue weighted by Gasteiger charge is 2.23. The van der Waals surface area contributed by atoms with Crippen molar-refractivity contribution in [2.75, 3.05) is 23.3 Å². The second-order valence-electron chi connectivity index (χ2n) is 3.50. The highest BCUT2D eigenvalue weighted by Crippen LogP contribution is 2.01. The molecule has 0 fully saturated rings. The van der Waals surface area contributed by atoms with E-state index in [1.165, 1.54) is 0 Å². The van der Waals surface area contributed by atoms with E-state index in [2.05, 4.69) is 0 Å². The minimum atomic E-state index is -4.17. The van der Waals surface area contributed by atoms with Gasteiger partial charge in [-0.25, -0.2) is 0 Å². The number of nitrogens with two attached hydrogens (primary N) is 1. The molecule has 0 aliphatic rings. The monoisotopic (exact) mass is 394 g/mol. The second-order valence-corrected chi connectivity index (χ2v) is 6.16. The van der Waals surface area contributed by atoms with Gasteiger partial charge in [-0.2, -0.15) is 8.42 Å². The fourth-order valence-electron chi connectivity index (χ4n) is 1.17. The van der Waals surface area contributed by atoms with Crippen LogP contribution in [0.3, 0.4) is 0 Å². The summed E-state index contributed by atoms with van der Waals surface area (Å²) >= 11 is 1.98. The van der Waals surface area contributed by atoms with Crippen LogP contribution < -0.4 is 5.73 Å². The van der Waals surface area contributed by atoms with Crippen LogP contribution in [0.25, 0.3) is 0 Å². The lowest BCUT2D eigenvalue weighted by atomic mass is 10.2. The molecule has 0 aromatic rings. The lowest BCUT2D eigenvalue weighted by Crippen LogP contribution is -2.47. The van der Waals surface area contributed by atoms with E-state index in [0.29, 0.717) is 4.43 Å². The SMILES string of the molecule is NC(CC(=O)O)C(=O)N(CCI)CCS(=O)(=O)O. The molecular formula is C8H15IN2O6S. The Kier molecular flexibility index (Phi) is 7.66. The predicted molar refractivity (Wildman–Crippen MR) is 72.1 cm³/mol. The highest BCUT2D eigenvalue weighted by molar-refractivity contribution is 14.1. The van der Waals surface area contributed by atoms with Crippen LogP contribution in [-0.2, 0) is 19.7 Å². The van der Waals surface area contributed by atoms with Gasteiger partial charge in [0.2, 0.25) is 5.91 Å². The fourth-order valence-corrected chi connectivity index (χ4v) is 2.20. The number of carboxylic acid groups (broad SMARTS) is 1. The van der Waals surface area contributed by atoms with Crippen molar-refractivity contribution >= 4 is 44.6 Å². The lowest BCUT2D eigenvalue weighted by Gasteiger charge is -2.23. The van der Waals surface area contributed by atoms with Gasteiger partial charge in [-0.3, -0.25) is 14.1 Å². The molecule has 1 amide bonds. The van der Waals surface area contributed by atoms with Gasteiger partial charge in [0.25, 0.3) is 10.1 Å². The lowest BCUT2D eigenvalue weighted by molar-refractivity contribution is -0.141. The molecule has 0 aromatic heterocycles. The molecule has 8 nitrogen and oxygen atoms in total. The number of alkyl halides is 1. The van der Waals surface area contributed by atoms with E-state index in [9.17, 15) is 18.0 Å². The minimum Gasteiger partial charge on any atom is -0.481 e. The van der Waals surface area contributed by atoms with Crippen LogP contribution in [0.5, 0.6) is 0 Å². The third-order valence-corrected chi connectivity index (χ3v) is 3.18. The third-order valence-electron chi connectivity index (χ3n) is 2.00. The first-order valence-corrected chi connectivity index (χ1v) is 8.08. The number of hydrogen-bond donors (Lipinski definition) is 3. The topological polar surface area (TPSA) is 138 Å². The molecule has 0 saturated carbocycles. The zero-order valence-electron chi connectivity index (χ0n) is 9.45. The van der Waals surface area contributed by atoms with Gasteiger partial charge in [-0.1, -0.05) is 22.6 Å². The number of hydrogen-bond acceptors (Lipinski definition) is 5. The Morgan fingerprint density at radius 3 is 2.28 bits per heavy atom. The summed E-state index contributed by atoms with van der Waals surface area (Å²) in [6.07, 6.45) is -0.525. The van der Waals surface area contributed by atoms with Gasteiger partial charge in [0.1, 0.15) is 0 Å². The maximum atomic E-state index is 11.7. The van der Waals surface area contributed by atoms with E-state index < -0.39 is 40.2 Å². The third kappa shape index (κ3) is 7.79. The van der Waals surface area contributed by atoms with Crippen LogP contribution in [0.2, 0.25) is 0 Å². The number of carbonyl (C=O) groups excluding carboxylic acids is 1.